The highest BCUT2D eigenvalue weighted by Crippen LogP contribution is 2.50. The maximum Gasteiger partial charge on any atom is 0.140 e. The van der Waals surface area contributed by atoms with E-state index in [-0.39, 0.29) is 24.3 Å². The molecule has 0 saturated carbocycles. The number of carbonyl (C=O) groups excluding carboxylic acids is 1. The first-order valence-corrected chi connectivity index (χ1v) is 6.67. The van der Waals surface area contributed by atoms with Crippen LogP contribution in [0.3, 0.4) is 0 Å². The third kappa shape index (κ3) is 2.69. The molecule has 0 aromatic rings. The van der Waals surface area contributed by atoms with Crippen LogP contribution in [0.2, 0.25) is 0 Å². The molecule has 0 spiro atoms. The van der Waals surface area contributed by atoms with Gasteiger partial charge in [0.05, 0.1) is 18.1 Å². The van der Waals surface area contributed by atoms with Gasteiger partial charge in [-0.25, -0.2) is 0 Å². The van der Waals surface area contributed by atoms with Gasteiger partial charge in [0.15, 0.2) is 0 Å². The molecule has 3 unspecified atom stereocenters. The Morgan fingerprint density at radius 2 is 2.28 bits per heavy atom. The molecule has 18 heavy (non-hydrogen) atoms. The second-order valence-electron chi connectivity index (χ2n) is 5.25. The van der Waals surface area contributed by atoms with Crippen molar-refractivity contribution in [3.63, 3.8) is 0 Å². The number of nitroso groups, excluding NO2 is 1. The topological polar surface area (TPSA) is 66.7 Å². The van der Waals surface area contributed by atoms with Crippen molar-refractivity contribution >= 4 is 5.78 Å². The smallest absolute Gasteiger partial charge is 0.140 e. The van der Waals surface area contributed by atoms with Crippen molar-refractivity contribution in [3.8, 4) is 0 Å². The van der Waals surface area contributed by atoms with Crippen molar-refractivity contribution < 1.29 is 9.90 Å². The number of nitrogens with zero attached hydrogens (tertiary/aromatic N) is 1. The van der Waals surface area contributed by atoms with Crippen molar-refractivity contribution in [1.82, 2.24) is 0 Å². The van der Waals surface area contributed by atoms with E-state index in [0.717, 1.165) is 12.8 Å². The van der Waals surface area contributed by atoms with Gasteiger partial charge in [0.2, 0.25) is 0 Å². The van der Waals surface area contributed by atoms with E-state index in [4.69, 9.17) is 0 Å². The summed E-state index contributed by atoms with van der Waals surface area (Å²) >= 11 is 0. The zero-order valence-corrected chi connectivity index (χ0v) is 11.5. The number of hydrogen-bond acceptors (Lipinski definition) is 4. The van der Waals surface area contributed by atoms with E-state index in [9.17, 15) is 14.8 Å². The van der Waals surface area contributed by atoms with Crippen LogP contribution >= 0.6 is 0 Å². The number of rotatable bonds is 8. The fourth-order valence-corrected chi connectivity index (χ4v) is 2.91. The molecule has 0 bridgehead atoms. The van der Waals surface area contributed by atoms with Crippen molar-refractivity contribution in [2.75, 3.05) is 6.61 Å². The number of Topliss-reactive ketones (excluding diaryl/α,β-unsaturated/α-hetero) is 1. The molecule has 102 valence electrons. The summed E-state index contributed by atoms with van der Waals surface area (Å²) in [5.41, 5.74) is 0.678. The van der Waals surface area contributed by atoms with Gasteiger partial charge < -0.3 is 5.11 Å². The number of allylic oxidation sites excluding steroid dienone is 1. The van der Waals surface area contributed by atoms with Gasteiger partial charge >= 0.3 is 0 Å². The summed E-state index contributed by atoms with van der Waals surface area (Å²) in [5.74, 6) is 0.0879. The molecule has 0 aromatic heterocycles. The lowest BCUT2D eigenvalue weighted by Gasteiger charge is -2.45. The van der Waals surface area contributed by atoms with Crippen LogP contribution in [0.25, 0.3) is 0 Å². The number of hydrogen-bond donors (Lipinski definition) is 1. The zero-order chi connectivity index (χ0) is 13.8. The van der Waals surface area contributed by atoms with E-state index in [2.05, 4.69) is 5.18 Å². The molecule has 1 N–H and O–H groups in total. The number of ketones is 1. The Kier molecular flexibility index (Phi) is 5.20. The summed E-state index contributed by atoms with van der Waals surface area (Å²) in [6, 6.07) is -0.198. The minimum atomic E-state index is -0.497. The fourth-order valence-electron chi connectivity index (χ4n) is 2.91. The Balaban J connectivity index is 2.70. The molecule has 0 fully saturated rings. The zero-order valence-electron chi connectivity index (χ0n) is 11.5. The highest BCUT2D eigenvalue weighted by molar-refractivity contribution is 5.87. The molecule has 4 nitrogen and oxygen atoms in total. The SMILES string of the molecule is CCC1=CC(CCCC(C)N=O)(C(C)=O)C1CO. The first kappa shape index (κ1) is 15.0. The lowest BCUT2D eigenvalue weighted by Crippen LogP contribution is -2.46. The van der Waals surface area contributed by atoms with Crippen LogP contribution in [0.1, 0.15) is 46.5 Å². The van der Waals surface area contributed by atoms with Gasteiger partial charge in [-0.1, -0.05) is 23.7 Å². The first-order valence-electron chi connectivity index (χ1n) is 6.67. The number of carbonyl (C=O) groups is 1. The Morgan fingerprint density at radius 3 is 2.72 bits per heavy atom. The highest BCUT2D eigenvalue weighted by Gasteiger charge is 2.48. The summed E-state index contributed by atoms with van der Waals surface area (Å²) in [4.78, 5) is 22.2. The van der Waals surface area contributed by atoms with Crippen LogP contribution in [0, 0.1) is 16.2 Å². The minimum Gasteiger partial charge on any atom is -0.396 e. The van der Waals surface area contributed by atoms with Crippen molar-refractivity contribution in [3.05, 3.63) is 16.6 Å². The third-order valence-electron chi connectivity index (χ3n) is 4.15. The van der Waals surface area contributed by atoms with Gasteiger partial charge in [-0.3, -0.25) is 4.79 Å². The summed E-state index contributed by atoms with van der Waals surface area (Å²) in [5, 5.41) is 12.4. The van der Waals surface area contributed by atoms with Crippen LogP contribution in [0.5, 0.6) is 0 Å². The quantitative estimate of drug-likeness (QED) is 0.534. The molecular weight excluding hydrogens is 230 g/mol. The third-order valence-corrected chi connectivity index (χ3v) is 4.15. The second-order valence-corrected chi connectivity index (χ2v) is 5.25. The molecule has 0 heterocycles. The van der Waals surface area contributed by atoms with Crippen molar-refractivity contribution in [2.24, 2.45) is 16.5 Å². The van der Waals surface area contributed by atoms with Gasteiger partial charge in [-0.05, 0) is 39.5 Å². The Hall–Kier alpha value is -1.03. The van der Waals surface area contributed by atoms with E-state index in [0.29, 0.717) is 12.8 Å². The van der Waals surface area contributed by atoms with Crippen LogP contribution in [0.15, 0.2) is 16.8 Å². The average Bonchev–Trinajstić information content (AvgIpc) is 2.32. The average molecular weight is 253 g/mol. The predicted octanol–water partition coefficient (Wildman–Crippen LogP) is 2.85. The van der Waals surface area contributed by atoms with Crippen LogP contribution < -0.4 is 0 Å². The molecule has 1 aliphatic rings. The van der Waals surface area contributed by atoms with E-state index >= 15 is 0 Å². The largest absolute Gasteiger partial charge is 0.396 e. The summed E-state index contributed by atoms with van der Waals surface area (Å²) < 4.78 is 0. The van der Waals surface area contributed by atoms with Gasteiger partial charge in [0.25, 0.3) is 0 Å². The molecule has 0 aromatic carbocycles. The fraction of sp³-hybridized carbons (Fsp3) is 0.786. The van der Waals surface area contributed by atoms with Crippen LogP contribution in [0.4, 0.5) is 0 Å². The minimum absolute atomic E-state index is 0.0282. The summed E-state index contributed by atoms with van der Waals surface area (Å²) in [6.07, 6.45) is 5.10. The molecule has 0 amide bonds. The maximum atomic E-state index is 11.9. The van der Waals surface area contributed by atoms with E-state index in [1.165, 1.54) is 5.57 Å². The standard InChI is InChI=1S/C14H23NO3/c1-4-12-8-14(11(3)17,13(12)9-16)7-5-6-10(2)15-18/h8,10,13,16H,4-7,9H2,1-3H3. The van der Waals surface area contributed by atoms with E-state index < -0.39 is 5.41 Å². The van der Waals surface area contributed by atoms with Gasteiger partial charge in [-0.2, -0.15) is 4.91 Å². The van der Waals surface area contributed by atoms with Crippen molar-refractivity contribution in [1.29, 1.82) is 0 Å². The van der Waals surface area contributed by atoms with Gasteiger partial charge in [0, 0.05) is 5.92 Å². The molecule has 1 rings (SSSR count). The van der Waals surface area contributed by atoms with E-state index in [1.807, 2.05) is 13.0 Å². The molecule has 1 aliphatic carbocycles. The molecule has 0 saturated heterocycles. The van der Waals surface area contributed by atoms with Gasteiger partial charge in [-0.15, -0.1) is 0 Å². The Labute approximate surface area is 108 Å². The molecular formula is C14H23NO3. The highest BCUT2D eigenvalue weighted by atomic mass is 16.3. The second kappa shape index (κ2) is 6.23. The monoisotopic (exact) mass is 253 g/mol. The number of aliphatic hydroxyl groups excluding tert-OH is 1. The molecule has 3 atom stereocenters. The normalized spacial score (nSPS) is 28.2. The Bertz CT molecular complexity index is 351. The van der Waals surface area contributed by atoms with Gasteiger partial charge in [0.1, 0.15) is 5.78 Å². The summed E-state index contributed by atoms with van der Waals surface area (Å²) in [6.45, 7) is 5.44. The molecule has 4 heteroatoms. The first-order chi connectivity index (χ1) is 8.51. The predicted molar refractivity (Wildman–Crippen MR) is 71.2 cm³/mol. The lowest BCUT2D eigenvalue weighted by atomic mass is 9.57. The molecule has 0 aliphatic heterocycles. The van der Waals surface area contributed by atoms with Crippen molar-refractivity contribution in [2.45, 2.75) is 52.5 Å². The van der Waals surface area contributed by atoms with Crippen LogP contribution in [-0.4, -0.2) is 23.5 Å². The summed E-state index contributed by atoms with van der Waals surface area (Å²) in [7, 11) is 0. The Morgan fingerprint density at radius 1 is 1.61 bits per heavy atom. The lowest BCUT2D eigenvalue weighted by molar-refractivity contribution is -0.129. The van der Waals surface area contributed by atoms with E-state index in [1.54, 1.807) is 13.8 Å². The molecule has 0 radical (unpaired) electrons. The van der Waals surface area contributed by atoms with Crippen LogP contribution in [-0.2, 0) is 4.79 Å². The number of aliphatic hydroxyl groups is 1. The maximum absolute atomic E-state index is 11.9.